The van der Waals surface area contributed by atoms with E-state index in [1.165, 1.54) is 22.3 Å². The second-order valence-corrected chi connectivity index (χ2v) is 6.96. The molecule has 0 aliphatic heterocycles. The molecule has 0 heterocycles. The van der Waals surface area contributed by atoms with Crippen LogP contribution in [-0.4, -0.2) is 0 Å². The van der Waals surface area contributed by atoms with Gasteiger partial charge in [0.1, 0.15) is 0 Å². The average molecular weight is 313 g/mol. The van der Waals surface area contributed by atoms with Crippen LogP contribution in [0.5, 0.6) is 0 Å². The molecule has 0 fully saturated rings. The average Bonchev–Trinajstić information content (AvgIpc) is 2.71. The second-order valence-electron chi connectivity index (χ2n) is 6.14. The zero-order chi connectivity index (χ0) is 14.8. The van der Waals surface area contributed by atoms with Gasteiger partial charge in [0.2, 0.25) is 0 Å². The predicted molar refractivity (Wildman–Crippen MR) is 91.5 cm³/mol. The Morgan fingerprint density at radius 1 is 0.714 bits per heavy atom. The molecule has 1 aliphatic rings. The fourth-order valence-electron chi connectivity index (χ4n) is 3.47. The highest BCUT2D eigenvalue weighted by atomic mass is 35.5. The van der Waals surface area contributed by atoms with Crippen molar-refractivity contribution in [3.05, 3.63) is 69.7 Å². The van der Waals surface area contributed by atoms with Gasteiger partial charge >= 0.3 is 0 Å². The third-order valence-corrected chi connectivity index (χ3v) is 5.27. The smallest absolute Gasteiger partial charge is 0.0485 e. The first-order chi connectivity index (χ1) is 10.00. The standard InChI is InChI=1S/C19H14Cl2/c1-19(2)15-6-4-3-5-11(15)12-9-13-14(10-16(12)19)18(21)8-7-17(13)20/h3-10H,1-2H3. The molecule has 0 radical (unpaired) electrons. The van der Waals surface area contributed by atoms with Gasteiger partial charge in [0.15, 0.2) is 0 Å². The van der Waals surface area contributed by atoms with Crippen LogP contribution in [0.1, 0.15) is 25.0 Å². The Kier molecular flexibility index (Phi) is 2.67. The van der Waals surface area contributed by atoms with E-state index >= 15 is 0 Å². The number of hydrogen-bond acceptors (Lipinski definition) is 0. The largest absolute Gasteiger partial charge is 0.0837 e. The summed E-state index contributed by atoms with van der Waals surface area (Å²) in [5.74, 6) is 0. The molecule has 3 aromatic carbocycles. The van der Waals surface area contributed by atoms with E-state index in [1.54, 1.807) is 0 Å². The summed E-state index contributed by atoms with van der Waals surface area (Å²) in [6, 6.07) is 16.7. The van der Waals surface area contributed by atoms with E-state index in [9.17, 15) is 0 Å². The normalized spacial score (nSPS) is 15.0. The molecule has 0 atom stereocenters. The van der Waals surface area contributed by atoms with Crippen LogP contribution in [0.15, 0.2) is 48.5 Å². The Hall–Kier alpha value is -1.50. The van der Waals surface area contributed by atoms with Crippen LogP contribution >= 0.6 is 23.2 Å². The van der Waals surface area contributed by atoms with E-state index < -0.39 is 0 Å². The van der Waals surface area contributed by atoms with Crippen molar-refractivity contribution in [2.45, 2.75) is 19.3 Å². The van der Waals surface area contributed by atoms with Gasteiger partial charge in [-0.15, -0.1) is 0 Å². The third kappa shape index (κ3) is 1.70. The van der Waals surface area contributed by atoms with Gasteiger partial charge in [0.05, 0.1) is 0 Å². The molecule has 0 saturated carbocycles. The molecule has 0 saturated heterocycles. The Balaban J connectivity index is 2.17. The summed E-state index contributed by atoms with van der Waals surface area (Å²) in [6.07, 6.45) is 0. The number of benzene rings is 3. The minimum absolute atomic E-state index is 0.00817. The highest BCUT2D eigenvalue weighted by Crippen LogP contribution is 2.50. The van der Waals surface area contributed by atoms with Crippen LogP contribution in [0.2, 0.25) is 10.0 Å². The quantitative estimate of drug-likeness (QED) is 0.447. The van der Waals surface area contributed by atoms with Crippen molar-refractivity contribution in [1.82, 2.24) is 0 Å². The Morgan fingerprint density at radius 2 is 1.33 bits per heavy atom. The third-order valence-electron chi connectivity index (χ3n) is 4.61. The fraction of sp³-hybridized carbons (Fsp3) is 0.158. The van der Waals surface area contributed by atoms with E-state index in [-0.39, 0.29) is 5.41 Å². The summed E-state index contributed by atoms with van der Waals surface area (Å²) in [7, 11) is 0. The van der Waals surface area contributed by atoms with Crippen LogP contribution < -0.4 is 0 Å². The first-order valence-corrected chi connectivity index (χ1v) is 7.78. The molecular weight excluding hydrogens is 299 g/mol. The molecule has 0 aromatic heterocycles. The Bertz CT molecular complexity index is 891. The SMILES string of the molecule is CC1(C)c2ccccc2-c2cc3c(Cl)ccc(Cl)c3cc21. The van der Waals surface area contributed by atoms with Gasteiger partial charge in [0.25, 0.3) is 0 Å². The number of fused-ring (bicyclic) bond motifs is 4. The van der Waals surface area contributed by atoms with Crippen molar-refractivity contribution in [1.29, 1.82) is 0 Å². The van der Waals surface area contributed by atoms with Crippen LogP contribution in [0.25, 0.3) is 21.9 Å². The molecule has 21 heavy (non-hydrogen) atoms. The first-order valence-electron chi connectivity index (χ1n) is 7.02. The maximum Gasteiger partial charge on any atom is 0.0485 e. The molecule has 0 bridgehead atoms. The van der Waals surface area contributed by atoms with Crippen LogP contribution in [0.4, 0.5) is 0 Å². The van der Waals surface area contributed by atoms with Crippen molar-refractivity contribution >= 4 is 34.0 Å². The highest BCUT2D eigenvalue weighted by molar-refractivity contribution is 6.40. The van der Waals surface area contributed by atoms with E-state index in [0.717, 1.165) is 20.8 Å². The number of rotatable bonds is 0. The van der Waals surface area contributed by atoms with E-state index in [1.807, 2.05) is 12.1 Å². The lowest BCUT2D eigenvalue weighted by Crippen LogP contribution is -2.14. The molecular formula is C19H14Cl2. The van der Waals surface area contributed by atoms with Gasteiger partial charge in [-0.1, -0.05) is 61.3 Å². The zero-order valence-corrected chi connectivity index (χ0v) is 13.4. The van der Waals surface area contributed by atoms with Crippen LogP contribution in [0, 0.1) is 0 Å². The van der Waals surface area contributed by atoms with Gasteiger partial charge in [-0.05, 0) is 46.5 Å². The van der Waals surface area contributed by atoms with Crippen molar-refractivity contribution in [2.24, 2.45) is 0 Å². The Morgan fingerprint density at radius 3 is 2.05 bits per heavy atom. The molecule has 1 aliphatic carbocycles. The molecule has 0 nitrogen and oxygen atoms in total. The zero-order valence-electron chi connectivity index (χ0n) is 11.9. The first kappa shape index (κ1) is 13.2. The lowest BCUT2D eigenvalue weighted by atomic mass is 9.82. The minimum Gasteiger partial charge on any atom is -0.0837 e. The van der Waals surface area contributed by atoms with Gasteiger partial charge in [-0.3, -0.25) is 0 Å². The molecule has 0 unspecified atom stereocenters. The Labute approximate surface area is 134 Å². The topological polar surface area (TPSA) is 0 Å². The van der Waals surface area contributed by atoms with Crippen molar-refractivity contribution < 1.29 is 0 Å². The maximum atomic E-state index is 6.38. The summed E-state index contributed by atoms with van der Waals surface area (Å²) in [4.78, 5) is 0. The summed E-state index contributed by atoms with van der Waals surface area (Å²) in [5.41, 5.74) is 5.25. The molecule has 4 rings (SSSR count). The van der Waals surface area contributed by atoms with Crippen LogP contribution in [0.3, 0.4) is 0 Å². The molecule has 104 valence electrons. The summed E-state index contributed by atoms with van der Waals surface area (Å²) in [6.45, 7) is 4.53. The molecule has 0 spiro atoms. The summed E-state index contributed by atoms with van der Waals surface area (Å²) < 4.78 is 0. The molecule has 0 amide bonds. The lowest BCUT2D eigenvalue weighted by Gasteiger charge is -2.21. The maximum absolute atomic E-state index is 6.38. The molecule has 3 aromatic rings. The number of halogens is 2. The molecule has 0 N–H and O–H groups in total. The second kappa shape index (κ2) is 4.25. The van der Waals surface area contributed by atoms with Crippen molar-refractivity contribution in [3.8, 4) is 11.1 Å². The number of hydrogen-bond donors (Lipinski definition) is 0. The van der Waals surface area contributed by atoms with E-state index in [0.29, 0.717) is 0 Å². The molecule has 2 heteroatoms. The van der Waals surface area contributed by atoms with Crippen molar-refractivity contribution in [2.75, 3.05) is 0 Å². The van der Waals surface area contributed by atoms with Gasteiger partial charge in [-0.25, -0.2) is 0 Å². The highest BCUT2D eigenvalue weighted by Gasteiger charge is 2.35. The van der Waals surface area contributed by atoms with E-state index in [4.69, 9.17) is 23.2 Å². The fourth-order valence-corrected chi connectivity index (χ4v) is 3.91. The lowest BCUT2D eigenvalue weighted by molar-refractivity contribution is 0.661. The summed E-state index contributed by atoms with van der Waals surface area (Å²) >= 11 is 12.7. The van der Waals surface area contributed by atoms with Gasteiger partial charge in [-0.2, -0.15) is 0 Å². The minimum atomic E-state index is -0.00817. The van der Waals surface area contributed by atoms with Crippen LogP contribution in [-0.2, 0) is 5.41 Å². The van der Waals surface area contributed by atoms with Crippen molar-refractivity contribution in [3.63, 3.8) is 0 Å². The monoisotopic (exact) mass is 312 g/mol. The van der Waals surface area contributed by atoms with E-state index in [2.05, 4.69) is 50.2 Å². The predicted octanol–water partition coefficient (Wildman–Crippen LogP) is 6.45. The van der Waals surface area contributed by atoms with Gasteiger partial charge in [0, 0.05) is 26.2 Å². The summed E-state index contributed by atoms with van der Waals surface area (Å²) in [5, 5.41) is 3.56. The van der Waals surface area contributed by atoms with Gasteiger partial charge < -0.3 is 0 Å².